The Balaban J connectivity index is 1.97. The average Bonchev–Trinajstić information content (AvgIpc) is 2.95. The molecule has 1 saturated heterocycles. The third-order valence-electron chi connectivity index (χ3n) is 3.93. The molecule has 2 rings (SSSR count). The molecule has 0 N–H and O–H groups in total. The summed E-state index contributed by atoms with van der Waals surface area (Å²) in [5, 5.41) is 0. The molecule has 0 amide bonds. The summed E-state index contributed by atoms with van der Waals surface area (Å²) in [5.74, 6) is 1.59. The zero-order chi connectivity index (χ0) is 15.9. The van der Waals surface area contributed by atoms with Crippen molar-refractivity contribution in [3.63, 3.8) is 0 Å². The lowest BCUT2D eigenvalue weighted by molar-refractivity contribution is 0.107. The molecule has 1 aromatic carbocycles. The first-order chi connectivity index (χ1) is 10.6. The number of likely N-dealkylation sites (tertiary alicyclic amines) is 1. The summed E-state index contributed by atoms with van der Waals surface area (Å²) in [4.78, 5) is 2.41. The van der Waals surface area contributed by atoms with Gasteiger partial charge in [-0.2, -0.15) is 0 Å². The topological polar surface area (TPSA) is 30.9 Å². The Hall–Kier alpha value is -1.52. The summed E-state index contributed by atoms with van der Waals surface area (Å²) >= 11 is 0. The van der Waals surface area contributed by atoms with Crippen LogP contribution in [0.25, 0.3) is 0 Å². The molecule has 22 heavy (non-hydrogen) atoms. The molecule has 0 aliphatic carbocycles. The van der Waals surface area contributed by atoms with Crippen LogP contribution in [0.5, 0.6) is 11.5 Å². The minimum absolute atomic E-state index is 0.369. The monoisotopic (exact) mass is 305 g/mol. The average molecular weight is 305 g/mol. The summed E-state index contributed by atoms with van der Waals surface area (Å²) < 4.78 is 16.6. The normalized spacial score (nSPS) is 18.3. The molecule has 0 spiro atoms. The second kappa shape index (κ2) is 8.20. The largest absolute Gasteiger partial charge is 0.493 e. The Morgan fingerprint density at radius 2 is 2.09 bits per heavy atom. The second-order valence-electron chi connectivity index (χ2n) is 5.96. The van der Waals surface area contributed by atoms with Crippen LogP contribution >= 0.6 is 0 Å². The summed E-state index contributed by atoms with van der Waals surface area (Å²) in [6.07, 6.45) is 3.54. The maximum absolute atomic E-state index is 5.76. The molecule has 0 aromatic heterocycles. The van der Waals surface area contributed by atoms with E-state index in [2.05, 4.69) is 37.0 Å². The molecule has 0 radical (unpaired) electrons. The predicted octanol–water partition coefficient (Wildman–Crippen LogP) is 3.26. The highest BCUT2D eigenvalue weighted by atomic mass is 16.5. The molecule has 4 heteroatoms. The Morgan fingerprint density at radius 3 is 2.73 bits per heavy atom. The lowest BCUT2D eigenvalue weighted by atomic mass is 10.2. The zero-order valence-corrected chi connectivity index (χ0v) is 14.1. The van der Waals surface area contributed by atoms with Gasteiger partial charge >= 0.3 is 0 Å². The SMILES string of the molecule is COc1cc(CN2CC[C@H](OC)C2)ccc1OCC=C(C)C. The fourth-order valence-electron chi connectivity index (χ4n) is 2.62. The van der Waals surface area contributed by atoms with Crippen LogP contribution in [-0.2, 0) is 11.3 Å². The minimum atomic E-state index is 0.369. The summed E-state index contributed by atoms with van der Waals surface area (Å²) in [6.45, 7) is 7.70. The van der Waals surface area contributed by atoms with Crippen LogP contribution in [-0.4, -0.2) is 44.9 Å². The molecule has 1 aliphatic heterocycles. The van der Waals surface area contributed by atoms with Crippen molar-refractivity contribution in [3.8, 4) is 11.5 Å². The van der Waals surface area contributed by atoms with Crippen LogP contribution in [0.2, 0.25) is 0 Å². The van der Waals surface area contributed by atoms with E-state index in [0.29, 0.717) is 12.7 Å². The summed E-state index contributed by atoms with van der Waals surface area (Å²) in [7, 11) is 3.47. The standard InChI is InChI=1S/C18H27NO3/c1-14(2)8-10-22-17-6-5-15(11-18(17)21-4)12-19-9-7-16(13-19)20-3/h5-6,8,11,16H,7,9-10,12-13H2,1-4H3/t16-/m0/s1. The number of hydrogen-bond donors (Lipinski definition) is 0. The Kier molecular flexibility index (Phi) is 6.28. The Labute approximate surface area is 133 Å². The van der Waals surface area contributed by atoms with Crippen molar-refractivity contribution in [1.29, 1.82) is 0 Å². The molecular weight excluding hydrogens is 278 g/mol. The molecule has 4 nitrogen and oxygen atoms in total. The maximum atomic E-state index is 5.76. The van der Waals surface area contributed by atoms with Crippen molar-refractivity contribution in [2.75, 3.05) is 33.9 Å². The molecular formula is C18H27NO3. The number of methoxy groups -OCH3 is 2. The Bertz CT molecular complexity index is 509. The van der Waals surface area contributed by atoms with Crippen LogP contribution in [0, 0.1) is 0 Å². The first-order valence-corrected chi connectivity index (χ1v) is 7.80. The van der Waals surface area contributed by atoms with Crippen molar-refractivity contribution >= 4 is 0 Å². The van der Waals surface area contributed by atoms with E-state index in [1.54, 1.807) is 14.2 Å². The fourth-order valence-corrected chi connectivity index (χ4v) is 2.62. The number of rotatable bonds is 7. The van der Waals surface area contributed by atoms with Crippen molar-refractivity contribution in [2.24, 2.45) is 0 Å². The molecule has 0 saturated carbocycles. The fraction of sp³-hybridized carbons (Fsp3) is 0.556. The van der Waals surface area contributed by atoms with Gasteiger partial charge in [0.05, 0.1) is 13.2 Å². The third kappa shape index (κ3) is 4.75. The van der Waals surface area contributed by atoms with Gasteiger partial charge in [0.1, 0.15) is 6.61 Å². The van der Waals surface area contributed by atoms with Gasteiger partial charge < -0.3 is 14.2 Å². The minimum Gasteiger partial charge on any atom is -0.493 e. The molecule has 1 aromatic rings. The quantitative estimate of drug-likeness (QED) is 0.724. The van der Waals surface area contributed by atoms with Gasteiger partial charge in [0, 0.05) is 26.7 Å². The molecule has 0 unspecified atom stereocenters. The van der Waals surface area contributed by atoms with Gasteiger partial charge in [-0.3, -0.25) is 4.90 Å². The van der Waals surface area contributed by atoms with E-state index in [9.17, 15) is 0 Å². The van der Waals surface area contributed by atoms with Crippen molar-refractivity contribution in [2.45, 2.75) is 32.9 Å². The van der Waals surface area contributed by atoms with Crippen LogP contribution < -0.4 is 9.47 Å². The summed E-state index contributed by atoms with van der Waals surface area (Å²) in [6, 6.07) is 6.18. The molecule has 1 atom stereocenters. The molecule has 1 fully saturated rings. The van der Waals surface area contributed by atoms with Crippen LogP contribution in [0.1, 0.15) is 25.8 Å². The molecule has 1 aliphatic rings. The van der Waals surface area contributed by atoms with E-state index < -0.39 is 0 Å². The highest BCUT2D eigenvalue weighted by Crippen LogP contribution is 2.29. The number of ether oxygens (including phenoxy) is 3. The van der Waals surface area contributed by atoms with Gasteiger partial charge in [0.2, 0.25) is 0 Å². The second-order valence-corrected chi connectivity index (χ2v) is 5.96. The Morgan fingerprint density at radius 1 is 1.27 bits per heavy atom. The van der Waals surface area contributed by atoms with Gasteiger partial charge in [-0.15, -0.1) is 0 Å². The third-order valence-corrected chi connectivity index (χ3v) is 3.93. The van der Waals surface area contributed by atoms with Gasteiger partial charge in [0.15, 0.2) is 11.5 Å². The lowest BCUT2D eigenvalue weighted by Gasteiger charge is -2.17. The molecule has 0 bridgehead atoms. The molecule has 1 heterocycles. The highest BCUT2D eigenvalue weighted by Gasteiger charge is 2.22. The van der Waals surface area contributed by atoms with Gasteiger partial charge in [-0.05, 0) is 44.0 Å². The van der Waals surface area contributed by atoms with Crippen LogP contribution in [0.4, 0.5) is 0 Å². The maximum Gasteiger partial charge on any atom is 0.161 e. The number of nitrogens with zero attached hydrogens (tertiary/aromatic N) is 1. The van der Waals surface area contributed by atoms with E-state index in [1.807, 2.05) is 6.07 Å². The van der Waals surface area contributed by atoms with E-state index >= 15 is 0 Å². The lowest BCUT2D eigenvalue weighted by Crippen LogP contribution is -2.22. The van der Waals surface area contributed by atoms with Crippen molar-refractivity contribution < 1.29 is 14.2 Å². The van der Waals surface area contributed by atoms with E-state index in [-0.39, 0.29) is 0 Å². The van der Waals surface area contributed by atoms with Crippen LogP contribution in [0.3, 0.4) is 0 Å². The van der Waals surface area contributed by atoms with Gasteiger partial charge in [-0.1, -0.05) is 11.6 Å². The van der Waals surface area contributed by atoms with E-state index in [1.165, 1.54) is 11.1 Å². The first kappa shape index (κ1) is 16.8. The van der Waals surface area contributed by atoms with Crippen LogP contribution in [0.15, 0.2) is 29.8 Å². The van der Waals surface area contributed by atoms with Crippen molar-refractivity contribution in [1.82, 2.24) is 4.90 Å². The number of hydrogen-bond acceptors (Lipinski definition) is 4. The summed E-state index contributed by atoms with van der Waals surface area (Å²) in [5.41, 5.74) is 2.49. The number of allylic oxidation sites excluding steroid dienone is 1. The van der Waals surface area contributed by atoms with E-state index in [0.717, 1.165) is 37.6 Å². The molecule has 122 valence electrons. The number of benzene rings is 1. The first-order valence-electron chi connectivity index (χ1n) is 7.80. The van der Waals surface area contributed by atoms with Gasteiger partial charge in [-0.25, -0.2) is 0 Å². The zero-order valence-electron chi connectivity index (χ0n) is 14.1. The predicted molar refractivity (Wildman–Crippen MR) is 88.6 cm³/mol. The van der Waals surface area contributed by atoms with E-state index in [4.69, 9.17) is 14.2 Å². The highest BCUT2D eigenvalue weighted by molar-refractivity contribution is 5.43. The van der Waals surface area contributed by atoms with Crippen molar-refractivity contribution in [3.05, 3.63) is 35.4 Å². The smallest absolute Gasteiger partial charge is 0.161 e. The van der Waals surface area contributed by atoms with Gasteiger partial charge in [0.25, 0.3) is 0 Å².